The highest BCUT2D eigenvalue weighted by Crippen LogP contribution is 2.48. The van der Waals surface area contributed by atoms with Gasteiger partial charge in [-0.05, 0) is 63.4 Å². The highest BCUT2D eigenvalue weighted by molar-refractivity contribution is 6.14. The summed E-state index contributed by atoms with van der Waals surface area (Å²) >= 11 is 0. The van der Waals surface area contributed by atoms with E-state index in [4.69, 9.17) is 5.73 Å². The second-order valence-electron chi connectivity index (χ2n) is 8.74. The molecule has 2 aliphatic carbocycles. The first kappa shape index (κ1) is 23.4. The third kappa shape index (κ3) is 3.66. The number of hydrogen-bond donors (Lipinski definition) is 4. The van der Waals surface area contributed by atoms with E-state index in [9.17, 15) is 35.0 Å². The molecule has 32 heavy (non-hydrogen) atoms. The Bertz CT molecular complexity index is 1050. The molecule has 0 saturated heterocycles. The van der Waals surface area contributed by atoms with Crippen LogP contribution in [0.15, 0.2) is 23.5 Å². The van der Waals surface area contributed by atoms with Crippen molar-refractivity contribution < 1.29 is 29.7 Å². The Hall–Kier alpha value is -3.22. The van der Waals surface area contributed by atoms with Crippen molar-refractivity contribution >= 4 is 17.5 Å². The molecule has 3 rings (SSSR count). The maximum atomic E-state index is 13.4. The third-order valence-electron chi connectivity index (χ3n) is 6.80. The monoisotopic (exact) mass is 441 g/mol. The van der Waals surface area contributed by atoms with Crippen LogP contribution in [0.4, 0.5) is 0 Å². The van der Waals surface area contributed by atoms with E-state index in [1.165, 1.54) is 19.1 Å². The number of rotatable bonds is 6. The van der Waals surface area contributed by atoms with Crippen LogP contribution >= 0.6 is 0 Å². The lowest BCUT2D eigenvalue weighted by Gasteiger charge is -2.43. The van der Waals surface area contributed by atoms with Crippen LogP contribution in [0.25, 0.3) is 0 Å². The molecule has 0 heterocycles. The van der Waals surface area contributed by atoms with Gasteiger partial charge in [0.2, 0.25) is 5.91 Å². The highest BCUT2D eigenvalue weighted by Gasteiger charge is 2.50. The van der Waals surface area contributed by atoms with E-state index in [0.717, 1.165) is 0 Å². The van der Waals surface area contributed by atoms with Crippen LogP contribution in [0.1, 0.15) is 34.8 Å². The van der Waals surface area contributed by atoms with Gasteiger partial charge >= 0.3 is 0 Å². The molecule has 5 atom stereocenters. The van der Waals surface area contributed by atoms with Gasteiger partial charge in [0.1, 0.15) is 11.5 Å². The van der Waals surface area contributed by atoms with Crippen LogP contribution in [-0.2, 0) is 16.0 Å². The number of carbonyl (C=O) groups excluding carboxylic acids is 3. The van der Waals surface area contributed by atoms with Crippen LogP contribution in [0, 0.1) is 35.0 Å². The maximum absolute atomic E-state index is 13.4. The summed E-state index contributed by atoms with van der Waals surface area (Å²) < 4.78 is 0. The number of aromatic hydroxyl groups is 1. The molecule has 0 aliphatic heterocycles. The SMILES string of the molecule is CC(C(N)=O)C(=O)C1C(O)=C2C(=O)c3c(O)ccc(C#N)c3C[C@H]2C[C@H]1[C@@H](CO)N(C)C. The van der Waals surface area contributed by atoms with Crippen molar-refractivity contribution in [2.24, 2.45) is 29.4 Å². The van der Waals surface area contributed by atoms with Crippen LogP contribution in [0.5, 0.6) is 5.75 Å². The van der Waals surface area contributed by atoms with Gasteiger partial charge in [0.25, 0.3) is 0 Å². The predicted molar refractivity (Wildman–Crippen MR) is 114 cm³/mol. The Labute approximate surface area is 185 Å². The summed E-state index contributed by atoms with van der Waals surface area (Å²) in [6, 6.07) is 4.19. The van der Waals surface area contributed by atoms with Crippen LogP contribution in [0.3, 0.4) is 0 Å². The van der Waals surface area contributed by atoms with Crippen molar-refractivity contribution in [3.63, 3.8) is 0 Å². The molecule has 0 radical (unpaired) electrons. The minimum atomic E-state index is -1.21. The number of nitriles is 1. The third-order valence-corrected chi connectivity index (χ3v) is 6.80. The fourth-order valence-corrected chi connectivity index (χ4v) is 5.05. The van der Waals surface area contributed by atoms with Gasteiger partial charge in [0.05, 0.1) is 35.6 Å². The Morgan fingerprint density at radius 1 is 1.31 bits per heavy atom. The number of likely N-dealkylation sites (N-methyl/N-ethyl adjacent to an activating group) is 1. The van der Waals surface area contributed by atoms with E-state index < -0.39 is 52.9 Å². The average Bonchev–Trinajstić information content (AvgIpc) is 2.73. The first-order chi connectivity index (χ1) is 15.0. The quantitative estimate of drug-likeness (QED) is 0.468. The number of primary amides is 1. The van der Waals surface area contributed by atoms with Gasteiger partial charge in [-0.2, -0.15) is 5.26 Å². The number of nitrogens with zero attached hydrogens (tertiary/aromatic N) is 2. The van der Waals surface area contributed by atoms with Crippen LogP contribution in [-0.4, -0.2) is 64.4 Å². The molecule has 0 fully saturated rings. The normalized spacial score (nSPS) is 24.4. The van der Waals surface area contributed by atoms with Gasteiger partial charge in [-0.25, -0.2) is 0 Å². The summed E-state index contributed by atoms with van der Waals surface area (Å²) in [6.45, 7) is 1.04. The second kappa shape index (κ2) is 8.73. The molecular formula is C23H27N3O6. The van der Waals surface area contributed by atoms with Gasteiger partial charge in [-0.3, -0.25) is 14.4 Å². The Morgan fingerprint density at radius 3 is 2.50 bits per heavy atom. The smallest absolute Gasteiger partial charge is 0.227 e. The molecule has 0 aromatic heterocycles. The number of Topliss-reactive ketones (excluding diaryl/α,β-unsaturated/α-hetero) is 2. The van der Waals surface area contributed by atoms with Crippen molar-refractivity contribution in [1.82, 2.24) is 4.90 Å². The van der Waals surface area contributed by atoms with E-state index in [0.29, 0.717) is 5.56 Å². The van der Waals surface area contributed by atoms with Gasteiger partial charge in [-0.1, -0.05) is 0 Å². The fraction of sp³-hybridized carbons (Fsp3) is 0.478. The van der Waals surface area contributed by atoms with Gasteiger partial charge in [0.15, 0.2) is 11.6 Å². The maximum Gasteiger partial charge on any atom is 0.227 e. The summed E-state index contributed by atoms with van der Waals surface area (Å²) in [5.74, 6) is -6.41. The minimum absolute atomic E-state index is 0.00426. The zero-order chi connectivity index (χ0) is 23.9. The molecule has 170 valence electrons. The molecular weight excluding hydrogens is 414 g/mol. The number of phenols is 1. The average molecular weight is 441 g/mol. The first-order valence-electron chi connectivity index (χ1n) is 10.4. The van der Waals surface area contributed by atoms with E-state index in [2.05, 4.69) is 0 Å². The lowest BCUT2D eigenvalue weighted by molar-refractivity contribution is -0.136. The molecule has 9 heteroatoms. The number of aliphatic hydroxyl groups excluding tert-OH is 2. The molecule has 0 bridgehead atoms. The van der Waals surface area contributed by atoms with Crippen molar-refractivity contribution in [3.05, 3.63) is 40.2 Å². The van der Waals surface area contributed by atoms with Gasteiger partial charge < -0.3 is 26.0 Å². The second-order valence-corrected chi connectivity index (χ2v) is 8.74. The molecule has 2 aliphatic rings. The molecule has 0 saturated carbocycles. The van der Waals surface area contributed by atoms with Crippen LogP contribution < -0.4 is 5.73 Å². The molecule has 9 nitrogen and oxygen atoms in total. The van der Waals surface area contributed by atoms with Crippen LogP contribution in [0.2, 0.25) is 0 Å². The first-order valence-corrected chi connectivity index (χ1v) is 10.4. The van der Waals surface area contributed by atoms with Crippen molar-refractivity contribution in [2.75, 3.05) is 20.7 Å². The zero-order valence-electron chi connectivity index (χ0n) is 18.2. The molecule has 2 unspecified atom stereocenters. The van der Waals surface area contributed by atoms with E-state index in [1.807, 2.05) is 6.07 Å². The lowest BCUT2D eigenvalue weighted by atomic mass is 9.62. The number of benzene rings is 1. The predicted octanol–water partition coefficient (Wildman–Crippen LogP) is 0.680. The Morgan fingerprint density at radius 2 is 1.97 bits per heavy atom. The Balaban J connectivity index is 2.22. The standard InChI is InChI=1S/C23H27N3O6/c1-10(23(25)32)20(29)19-14(15(9-27)26(2)3)7-12-6-13-11(8-24)4-5-16(28)18(13)21(30)17(12)22(19)31/h4-5,10,12,14-15,19,27-28,31H,6-7,9H2,1-3H3,(H2,25,32)/t10?,12-,14-,15+,19?/m0/s1. The largest absolute Gasteiger partial charge is 0.511 e. The summed E-state index contributed by atoms with van der Waals surface area (Å²) in [6.07, 6.45) is 0.475. The lowest BCUT2D eigenvalue weighted by Crippen LogP contribution is -2.50. The van der Waals surface area contributed by atoms with Crippen molar-refractivity contribution in [3.8, 4) is 11.8 Å². The number of phenolic OH excluding ortho intramolecular Hbond substituents is 1. The van der Waals surface area contributed by atoms with E-state index in [1.54, 1.807) is 19.0 Å². The van der Waals surface area contributed by atoms with Crippen molar-refractivity contribution in [1.29, 1.82) is 5.26 Å². The number of allylic oxidation sites excluding steroid dienone is 2. The number of hydrogen-bond acceptors (Lipinski definition) is 8. The zero-order valence-corrected chi connectivity index (χ0v) is 18.2. The molecule has 1 aromatic rings. The molecule has 0 spiro atoms. The number of carbonyl (C=O) groups is 3. The number of aliphatic hydroxyl groups is 2. The minimum Gasteiger partial charge on any atom is -0.511 e. The number of ketones is 2. The topological polar surface area (TPSA) is 165 Å². The van der Waals surface area contributed by atoms with E-state index >= 15 is 0 Å². The van der Waals surface area contributed by atoms with E-state index in [-0.39, 0.29) is 41.9 Å². The summed E-state index contributed by atoms with van der Waals surface area (Å²) in [7, 11) is 3.45. The fourth-order valence-electron chi connectivity index (χ4n) is 5.05. The summed E-state index contributed by atoms with van der Waals surface area (Å²) in [4.78, 5) is 40.0. The molecule has 1 amide bonds. The molecule has 5 N–H and O–H groups in total. The Kier molecular flexibility index (Phi) is 6.39. The number of amides is 1. The summed E-state index contributed by atoms with van der Waals surface area (Å²) in [5, 5.41) is 41.0. The number of nitrogens with two attached hydrogens (primary N) is 1. The summed E-state index contributed by atoms with van der Waals surface area (Å²) in [5.41, 5.74) is 5.94. The van der Waals surface area contributed by atoms with Gasteiger partial charge in [0, 0.05) is 11.6 Å². The van der Waals surface area contributed by atoms with Gasteiger partial charge in [-0.15, -0.1) is 0 Å². The number of fused-ring (bicyclic) bond motifs is 2. The molecule has 1 aromatic carbocycles. The van der Waals surface area contributed by atoms with Crippen molar-refractivity contribution in [2.45, 2.75) is 25.8 Å². The highest BCUT2D eigenvalue weighted by atomic mass is 16.3.